The van der Waals surface area contributed by atoms with Crippen LogP contribution in [0.4, 0.5) is 5.82 Å². The first-order valence-electron chi connectivity index (χ1n) is 6.50. The van der Waals surface area contributed by atoms with E-state index in [1.54, 1.807) is 18.5 Å². The number of hydrazine groups is 1. The third-order valence-corrected chi connectivity index (χ3v) is 3.43. The van der Waals surface area contributed by atoms with Crippen LogP contribution in [-0.4, -0.2) is 19.9 Å². The van der Waals surface area contributed by atoms with E-state index in [9.17, 15) is 0 Å². The van der Waals surface area contributed by atoms with Crippen LogP contribution in [0.25, 0.3) is 11.6 Å². The Labute approximate surface area is 111 Å². The summed E-state index contributed by atoms with van der Waals surface area (Å²) >= 11 is 0. The molecule has 6 nitrogen and oxygen atoms in total. The van der Waals surface area contributed by atoms with Crippen molar-refractivity contribution in [3.05, 3.63) is 30.2 Å². The molecular weight excluding hydrogens is 240 g/mol. The van der Waals surface area contributed by atoms with E-state index in [1.807, 2.05) is 6.07 Å². The van der Waals surface area contributed by atoms with Crippen LogP contribution in [0, 0.1) is 0 Å². The summed E-state index contributed by atoms with van der Waals surface area (Å²) < 4.78 is 0. The highest BCUT2D eigenvalue weighted by Gasteiger charge is 2.20. The topological polar surface area (TPSA) is 89.6 Å². The average molecular weight is 256 g/mol. The number of nitrogen functional groups attached to an aromatic ring is 1. The van der Waals surface area contributed by atoms with Crippen LogP contribution in [0.5, 0.6) is 0 Å². The summed E-state index contributed by atoms with van der Waals surface area (Å²) in [5, 5.41) is 0. The molecule has 0 saturated heterocycles. The molecule has 2 heterocycles. The van der Waals surface area contributed by atoms with Crippen molar-refractivity contribution in [3.8, 4) is 11.6 Å². The molecule has 1 fully saturated rings. The van der Waals surface area contributed by atoms with E-state index in [0.29, 0.717) is 23.4 Å². The lowest BCUT2D eigenvalue weighted by Gasteiger charge is -2.11. The minimum Gasteiger partial charge on any atom is -0.308 e. The molecule has 98 valence electrons. The van der Waals surface area contributed by atoms with Crippen molar-refractivity contribution in [2.45, 2.75) is 31.6 Å². The number of hydrogen-bond acceptors (Lipinski definition) is 6. The van der Waals surface area contributed by atoms with Gasteiger partial charge in [-0.3, -0.25) is 0 Å². The van der Waals surface area contributed by atoms with Gasteiger partial charge in [-0.1, -0.05) is 12.8 Å². The highest BCUT2D eigenvalue weighted by Crippen LogP contribution is 2.34. The molecule has 6 heteroatoms. The molecule has 19 heavy (non-hydrogen) atoms. The Morgan fingerprint density at radius 2 is 1.79 bits per heavy atom. The Hall–Kier alpha value is -2.08. The summed E-state index contributed by atoms with van der Waals surface area (Å²) in [5.74, 6) is 7.64. The number of anilines is 1. The standard InChI is InChI=1S/C13H16N6/c14-19-11-8-10(9-4-1-2-5-9)17-13(18-11)12-15-6-3-7-16-12/h3,6-9H,1-2,4-5,14H2,(H,17,18,19). The normalized spacial score (nSPS) is 15.6. The van der Waals surface area contributed by atoms with Gasteiger partial charge in [0.25, 0.3) is 0 Å². The van der Waals surface area contributed by atoms with Crippen molar-refractivity contribution in [2.75, 3.05) is 5.43 Å². The Bertz CT molecular complexity index is 550. The minimum absolute atomic E-state index is 0.498. The quantitative estimate of drug-likeness (QED) is 0.643. The minimum atomic E-state index is 0.498. The fraction of sp³-hybridized carbons (Fsp3) is 0.385. The molecule has 1 saturated carbocycles. The lowest BCUT2D eigenvalue weighted by atomic mass is 10.0. The lowest BCUT2D eigenvalue weighted by Crippen LogP contribution is -2.12. The molecule has 0 atom stereocenters. The molecular formula is C13H16N6. The third-order valence-electron chi connectivity index (χ3n) is 3.43. The summed E-state index contributed by atoms with van der Waals surface area (Å²) in [6.07, 6.45) is 8.24. The fourth-order valence-electron chi connectivity index (χ4n) is 2.49. The molecule has 1 aliphatic carbocycles. The van der Waals surface area contributed by atoms with Crippen LogP contribution in [0.2, 0.25) is 0 Å². The highest BCUT2D eigenvalue weighted by molar-refractivity contribution is 5.49. The molecule has 0 radical (unpaired) electrons. The van der Waals surface area contributed by atoms with E-state index in [0.717, 1.165) is 5.69 Å². The third kappa shape index (κ3) is 2.53. The van der Waals surface area contributed by atoms with Crippen molar-refractivity contribution < 1.29 is 0 Å². The highest BCUT2D eigenvalue weighted by atomic mass is 15.3. The van der Waals surface area contributed by atoms with Crippen LogP contribution in [-0.2, 0) is 0 Å². The zero-order valence-electron chi connectivity index (χ0n) is 10.6. The number of nitrogens with zero attached hydrogens (tertiary/aromatic N) is 4. The molecule has 3 rings (SSSR count). The molecule has 0 spiro atoms. The Morgan fingerprint density at radius 1 is 1.05 bits per heavy atom. The summed E-state index contributed by atoms with van der Waals surface area (Å²) in [5.41, 5.74) is 3.62. The van der Waals surface area contributed by atoms with Crippen LogP contribution in [0.1, 0.15) is 37.3 Å². The molecule has 0 unspecified atom stereocenters. The van der Waals surface area contributed by atoms with Gasteiger partial charge in [0.05, 0.1) is 0 Å². The van der Waals surface area contributed by atoms with Gasteiger partial charge < -0.3 is 5.43 Å². The van der Waals surface area contributed by atoms with Crippen molar-refractivity contribution in [1.82, 2.24) is 19.9 Å². The van der Waals surface area contributed by atoms with Crippen LogP contribution >= 0.6 is 0 Å². The van der Waals surface area contributed by atoms with Gasteiger partial charge >= 0.3 is 0 Å². The second-order valence-electron chi connectivity index (χ2n) is 4.70. The van der Waals surface area contributed by atoms with Gasteiger partial charge in [-0.05, 0) is 18.9 Å². The zero-order chi connectivity index (χ0) is 13.1. The van der Waals surface area contributed by atoms with Crippen molar-refractivity contribution in [3.63, 3.8) is 0 Å². The molecule has 3 N–H and O–H groups in total. The predicted molar refractivity (Wildman–Crippen MR) is 72.1 cm³/mol. The number of rotatable bonds is 3. The van der Waals surface area contributed by atoms with Gasteiger partial charge in [-0.2, -0.15) is 0 Å². The first-order valence-corrected chi connectivity index (χ1v) is 6.50. The van der Waals surface area contributed by atoms with Crippen LogP contribution in [0.3, 0.4) is 0 Å². The van der Waals surface area contributed by atoms with E-state index >= 15 is 0 Å². The molecule has 0 aliphatic heterocycles. The van der Waals surface area contributed by atoms with Gasteiger partial charge in [0, 0.05) is 30.1 Å². The SMILES string of the molecule is NNc1cc(C2CCCC2)nc(-c2ncccn2)n1. The smallest absolute Gasteiger partial charge is 0.199 e. The molecule has 2 aromatic heterocycles. The van der Waals surface area contributed by atoms with Crippen LogP contribution < -0.4 is 11.3 Å². The van der Waals surface area contributed by atoms with Gasteiger partial charge in [0.2, 0.25) is 0 Å². The van der Waals surface area contributed by atoms with E-state index in [2.05, 4.69) is 25.4 Å². The summed E-state index contributed by atoms with van der Waals surface area (Å²) in [7, 11) is 0. The van der Waals surface area contributed by atoms with E-state index < -0.39 is 0 Å². The molecule has 1 aliphatic rings. The van der Waals surface area contributed by atoms with Crippen LogP contribution in [0.15, 0.2) is 24.5 Å². The number of hydrogen-bond donors (Lipinski definition) is 2. The van der Waals surface area contributed by atoms with E-state index in [4.69, 9.17) is 5.84 Å². The van der Waals surface area contributed by atoms with Gasteiger partial charge in [-0.15, -0.1) is 0 Å². The molecule has 0 amide bonds. The van der Waals surface area contributed by atoms with Gasteiger partial charge in [0.1, 0.15) is 5.82 Å². The maximum absolute atomic E-state index is 5.48. The maximum Gasteiger partial charge on any atom is 0.199 e. The van der Waals surface area contributed by atoms with E-state index in [-0.39, 0.29) is 0 Å². The summed E-state index contributed by atoms with van der Waals surface area (Å²) in [6.45, 7) is 0. The Kier molecular flexibility index (Phi) is 3.33. The first-order chi connectivity index (χ1) is 9.36. The summed E-state index contributed by atoms with van der Waals surface area (Å²) in [6, 6.07) is 3.69. The molecule has 0 bridgehead atoms. The number of nitrogens with two attached hydrogens (primary N) is 1. The Morgan fingerprint density at radius 3 is 2.47 bits per heavy atom. The second kappa shape index (κ2) is 5.27. The van der Waals surface area contributed by atoms with E-state index in [1.165, 1.54) is 25.7 Å². The first kappa shape index (κ1) is 12.0. The van der Waals surface area contributed by atoms with Crippen molar-refractivity contribution in [1.29, 1.82) is 0 Å². The Balaban J connectivity index is 2.02. The van der Waals surface area contributed by atoms with Gasteiger partial charge in [-0.25, -0.2) is 25.8 Å². The predicted octanol–water partition coefficient (Wildman–Crippen LogP) is 1.88. The zero-order valence-corrected chi connectivity index (χ0v) is 10.6. The number of aromatic nitrogens is 4. The molecule has 2 aromatic rings. The van der Waals surface area contributed by atoms with Gasteiger partial charge in [0.15, 0.2) is 11.6 Å². The molecule has 0 aromatic carbocycles. The second-order valence-corrected chi connectivity index (χ2v) is 4.70. The summed E-state index contributed by atoms with van der Waals surface area (Å²) in [4.78, 5) is 17.3. The lowest BCUT2D eigenvalue weighted by molar-refractivity contribution is 0.695. The van der Waals surface area contributed by atoms with Crippen molar-refractivity contribution >= 4 is 5.82 Å². The average Bonchev–Trinajstić information content (AvgIpc) is 3.02. The van der Waals surface area contributed by atoms with Crippen molar-refractivity contribution in [2.24, 2.45) is 5.84 Å². The largest absolute Gasteiger partial charge is 0.308 e. The fourth-order valence-corrected chi connectivity index (χ4v) is 2.49. The number of nitrogens with one attached hydrogen (secondary N) is 1. The maximum atomic E-state index is 5.48. The monoisotopic (exact) mass is 256 g/mol.